The maximum atomic E-state index is 12.7. The lowest BCUT2D eigenvalue weighted by Crippen LogP contribution is -2.28. The van der Waals surface area contributed by atoms with E-state index in [1.165, 1.54) is 23.5 Å². The molecule has 0 radical (unpaired) electrons. The van der Waals surface area contributed by atoms with Crippen molar-refractivity contribution in [2.24, 2.45) is 0 Å². The molecular formula is C24H28N2O3S2. The zero-order valence-corrected chi connectivity index (χ0v) is 19.4. The van der Waals surface area contributed by atoms with Gasteiger partial charge >= 0.3 is 0 Å². The molecule has 0 aliphatic carbocycles. The molecule has 7 heteroatoms. The summed E-state index contributed by atoms with van der Waals surface area (Å²) in [5.74, 6) is 2.90. The topological polar surface area (TPSA) is 58.6 Å². The summed E-state index contributed by atoms with van der Waals surface area (Å²) in [5.41, 5.74) is 3.39. The molecule has 2 fully saturated rings. The molecule has 2 aliphatic heterocycles. The monoisotopic (exact) mass is 456 g/mol. The van der Waals surface area contributed by atoms with Crippen LogP contribution in [0.3, 0.4) is 0 Å². The summed E-state index contributed by atoms with van der Waals surface area (Å²) >= 11 is 3.97. The van der Waals surface area contributed by atoms with Crippen molar-refractivity contribution in [1.82, 2.24) is 4.90 Å². The zero-order valence-electron chi connectivity index (χ0n) is 17.8. The normalized spacial score (nSPS) is 16.9. The second-order valence-corrected chi connectivity index (χ2v) is 10.5. The molecule has 0 unspecified atom stereocenters. The van der Waals surface area contributed by atoms with Gasteiger partial charge in [0.15, 0.2) is 6.61 Å². The van der Waals surface area contributed by atoms with Gasteiger partial charge in [0.1, 0.15) is 5.75 Å². The molecule has 0 saturated carbocycles. The number of rotatable bonds is 6. The lowest BCUT2D eigenvalue weighted by atomic mass is 10.1. The van der Waals surface area contributed by atoms with Gasteiger partial charge in [0, 0.05) is 24.3 Å². The number of ether oxygens (including phenoxy) is 1. The Kier molecular flexibility index (Phi) is 7.45. The summed E-state index contributed by atoms with van der Waals surface area (Å²) in [4.78, 5) is 27.1. The van der Waals surface area contributed by atoms with Gasteiger partial charge in [0.2, 0.25) is 0 Å². The van der Waals surface area contributed by atoms with Crippen LogP contribution in [0.15, 0.2) is 42.5 Å². The Labute approximate surface area is 192 Å². The predicted octanol–water partition coefficient (Wildman–Crippen LogP) is 5.12. The van der Waals surface area contributed by atoms with Crippen molar-refractivity contribution in [1.29, 1.82) is 0 Å². The molecule has 0 spiro atoms. The van der Waals surface area contributed by atoms with Gasteiger partial charge in [-0.15, -0.1) is 23.5 Å². The Morgan fingerprint density at radius 1 is 1.03 bits per heavy atom. The van der Waals surface area contributed by atoms with Gasteiger partial charge in [-0.3, -0.25) is 9.59 Å². The van der Waals surface area contributed by atoms with Gasteiger partial charge in [-0.2, -0.15) is 0 Å². The lowest BCUT2D eigenvalue weighted by molar-refractivity contribution is -0.118. The van der Waals surface area contributed by atoms with Crippen LogP contribution in [0.2, 0.25) is 0 Å². The molecule has 2 aliphatic rings. The third-order valence-corrected chi connectivity index (χ3v) is 8.60. The smallest absolute Gasteiger partial charge is 0.262 e. The van der Waals surface area contributed by atoms with Crippen LogP contribution in [0.5, 0.6) is 5.75 Å². The number of carbonyl (C=O) groups is 2. The molecule has 2 amide bonds. The summed E-state index contributed by atoms with van der Waals surface area (Å²) in [6.45, 7) is 3.41. The number of anilines is 1. The standard InChI is InChI=1S/C24H28N2O3S2/c1-17-20(23(28)26-12-2-3-13-26)6-4-7-21(17)25-22(27)16-29-19-10-8-18(9-11-19)24-30-14-5-15-31-24/h4,6-11,24H,2-3,5,12-16H2,1H3,(H,25,27). The summed E-state index contributed by atoms with van der Waals surface area (Å²) in [6.07, 6.45) is 3.38. The van der Waals surface area contributed by atoms with Crippen LogP contribution < -0.4 is 10.1 Å². The van der Waals surface area contributed by atoms with E-state index in [-0.39, 0.29) is 18.4 Å². The second-order valence-electron chi connectivity index (χ2n) is 7.81. The molecule has 164 valence electrons. The van der Waals surface area contributed by atoms with Crippen molar-refractivity contribution in [3.63, 3.8) is 0 Å². The van der Waals surface area contributed by atoms with Crippen molar-refractivity contribution in [2.45, 2.75) is 30.8 Å². The van der Waals surface area contributed by atoms with Crippen LogP contribution in [0.4, 0.5) is 5.69 Å². The summed E-state index contributed by atoms with van der Waals surface area (Å²) in [5, 5.41) is 2.89. The Hall–Kier alpha value is -2.12. The van der Waals surface area contributed by atoms with Gasteiger partial charge in [0.05, 0.1) is 4.58 Å². The maximum absolute atomic E-state index is 12.7. The third kappa shape index (κ3) is 5.57. The molecule has 0 bridgehead atoms. The molecular weight excluding hydrogens is 428 g/mol. The van der Waals surface area contributed by atoms with Crippen LogP contribution in [0.1, 0.15) is 45.3 Å². The molecule has 0 aromatic heterocycles. The first kappa shape index (κ1) is 22.1. The van der Waals surface area contributed by atoms with Crippen molar-refractivity contribution in [3.8, 4) is 5.75 Å². The Morgan fingerprint density at radius 2 is 1.74 bits per heavy atom. The fourth-order valence-electron chi connectivity index (χ4n) is 3.83. The number of amides is 2. The van der Waals surface area contributed by atoms with Crippen molar-refractivity contribution < 1.29 is 14.3 Å². The Balaban J connectivity index is 1.32. The number of likely N-dealkylation sites (tertiary alicyclic amines) is 1. The lowest BCUT2D eigenvalue weighted by Gasteiger charge is -2.21. The highest BCUT2D eigenvalue weighted by Gasteiger charge is 2.22. The molecule has 4 rings (SSSR count). The fourth-order valence-corrected chi connectivity index (χ4v) is 6.72. The largest absolute Gasteiger partial charge is 0.484 e. The van der Waals surface area contributed by atoms with Crippen LogP contribution in [-0.4, -0.2) is 47.9 Å². The fraction of sp³-hybridized carbons (Fsp3) is 0.417. The first-order valence-corrected chi connectivity index (χ1v) is 12.9. The number of nitrogens with one attached hydrogen (secondary N) is 1. The molecule has 0 atom stereocenters. The van der Waals surface area contributed by atoms with E-state index in [0.717, 1.165) is 31.5 Å². The SMILES string of the molecule is Cc1c(NC(=O)COc2ccc(C3SCCCS3)cc2)cccc1C(=O)N1CCCC1. The zero-order chi connectivity index (χ0) is 21.6. The van der Waals surface area contributed by atoms with E-state index in [9.17, 15) is 9.59 Å². The molecule has 2 aromatic rings. The minimum Gasteiger partial charge on any atom is -0.484 e. The van der Waals surface area contributed by atoms with E-state index < -0.39 is 0 Å². The van der Waals surface area contributed by atoms with Crippen molar-refractivity contribution in [2.75, 3.05) is 36.5 Å². The molecule has 1 N–H and O–H groups in total. The average molecular weight is 457 g/mol. The first-order valence-electron chi connectivity index (χ1n) is 10.8. The highest BCUT2D eigenvalue weighted by molar-refractivity contribution is 8.16. The summed E-state index contributed by atoms with van der Waals surface area (Å²) in [6, 6.07) is 13.5. The van der Waals surface area contributed by atoms with Gasteiger partial charge in [-0.05, 0) is 73.1 Å². The van der Waals surface area contributed by atoms with E-state index in [1.54, 1.807) is 0 Å². The van der Waals surface area contributed by atoms with E-state index in [4.69, 9.17) is 4.74 Å². The average Bonchev–Trinajstić information content (AvgIpc) is 3.35. The Bertz CT molecular complexity index is 921. The number of carbonyl (C=O) groups excluding carboxylic acids is 2. The number of hydrogen-bond donors (Lipinski definition) is 1. The number of thioether (sulfide) groups is 2. The number of benzene rings is 2. The van der Waals surface area contributed by atoms with Gasteiger partial charge in [-0.25, -0.2) is 0 Å². The highest BCUT2D eigenvalue weighted by atomic mass is 32.2. The molecule has 2 aromatic carbocycles. The first-order chi connectivity index (χ1) is 15.1. The number of nitrogens with zero attached hydrogens (tertiary/aromatic N) is 1. The molecule has 2 saturated heterocycles. The van der Waals surface area contributed by atoms with Crippen LogP contribution in [-0.2, 0) is 4.79 Å². The molecule has 31 heavy (non-hydrogen) atoms. The molecule has 2 heterocycles. The quantitative estimate of drug-likeness (QED) is 0.654. The summed E-state index contributed by atoms with van der Waals surface area (Å²) < 4.78 is 6.17. The van der Waals surface area contributed by atoms with Gasteiger partial charge < -0.3 is 15.0 Å². The van der Waals surface area contributed by atoms with Gasteiger partial charge in [-0.1, -0.05) is 18.2 Å². The summed E-state index contributed by atoms with van der Waals surface area (Å²) in [7, 11) is 0. The van der Waals surface area contributed by atoms with Crippen LogP contribution >= 0.6 is 23.5 Å². The Morgan fingerprint density at radius 3 is 2.45 bits per heavy atom. The van der Waals surface area contributed by atoms with Crippen molar-refractivity contribution >= 4 is 41.0 Å². The van der Waals surface area contributed by atoms with E-state index in [1.807, 2.05) is 65.7 Å². The maximum Gasteiger partial charge on any atom is 0.262 e. The van der Waals surface area contributed by atoms with Crippen LogP contribution in [0.25, 0.3) is 0 Å². The van der Waals surface area contributed by atoms with Gasteiger partial charge in [0.25, 0.3) is 11.8 Å². The van der Waals surface area contributed by atoms with E-state index in [0.29, 0.717) is 21.6 Å². The van der Waals surface area contributed by atoms with Crippen molar-refractivity contribution in [3.05, 3.63) is 59.2 Å². The highest BCUT2D eigenvalue weighted by Crippen LogP contribution is 2.43. The number of hydrogen-bond acceptors (Lipinski definition) is 5. The van der Waals surface area contributed by atoms with Crippen LogP contribution in [0, 0.1) is 6.92 Å². The third-order valence-electron chi connectivity index (χ3n) is 5.58. The minimum absolute atomic E-state index is 0.0386. The minimum atomic E-state index is -0.240. The second kappa shape index (κ2) is 10.5. The predicted molar refractivity (Wildman–Crippen MR) is 129 cm³/mol. The van der Waals surface area contributed by atoms with E-state index in [2.05, 4.69) is 17.4 Å². The van der Waals surface area contributed by atoms with E-state index >= 15 is 0 Å². The molecule has 5 nitrogen and oxygen atoms in total.